The lowest BCUT2D eigenvalue weighted by molar-refractivity contribution is -0.135. The SMILES string of the molecule is CCCN(C(=O)C1CCCc2sccc21)C1CCNC1.Cl. The first-order valence-corrected chi connectivity index (χ1v) is 8.76. The van der Waals surface area contributed by atoms with Crippen molar-refractivity contribution in [2.45, 2.75) is 51.0 Å². The van der Waals surface area contributed by atoms with Crippen molar-refractivity contribution in [1.29, 1.82) is 0 Å². The summed E-state index contributed by atoms with van der Waals surface area (Å²) < 4.78 is 0. The minimum atomic E-state index is 0. The van der Waals surface area contributed by atoms with Crippen LogP contribution in [0.2, 0.25) is 0 Å². The van der Waals surface area contributed by atoms with Crippen LogP contribution in [0.5, 0.6) is 0 Å². The third kappa shape index (κ3) is 3.43. The zero-order valence-electron chi connectivity index (χ0n) is 12.6. The molecule has 0 bridgehead atoms. The van der Waals surface area contributed by atoms with Gasteiger partial charge in [-0.1, -0.05) is 6.92 Å². The number of hydrogen-bond acceptors (Lipinski definition) is 3. The molecule has 1 aliphatic heterocycles. The van der Waals surface area contributed by atoms with Crippen LogP contribution in [0, 0.1) is 0 Å². The molecule has 3 nitrogen and oxygen atoms in total. The van der Waals surface area contributed by atoms with Crippen molar-refractivity contribution in [3.8, 4) is 0 Å². The number of thiophene rings is 1. The summed E-state index contributed by atoms with van der Waals surface area (Å²) in [6.07, 6.45) is 5.51. The second-order valence-electron chi connectivity index (χ2n) is 5.92. The summed E-state index contributed by atoms with van der Waals surface area (Å²) in [7, 11) is 0. The molecular weight excluding hydrogens is 304 g/mol. The van der Waals surface area contributed by atoms with E-state index in [1.54, 1.807) is 0 Å². The standard InChI is InChI=1S/C16H24N2OS.ClH/c1-2-9-18(12-6-8-17-11-12)16(19)14-4-3-5-15-13(14)7-10-20-15;/h7,10,12,14,17H,2-6,8-9,11H2,1H3;1H. The topological polar surface area (TPSA) is 32.3 Å². The molecule has 0 saturated carbocycles. The molecular formula is C16H25ClN2OS. The van der Waals surface area contributed by atoms with E-state index in [0.717, 1.165) is 51.7 Å². The summed E-state index contributed by atoms with van der Waals surface area (Å²) in [6.45, 7) is 5.09. The molecule has 1 aromatic heterocycles. The highest BCUT2D eigenvalue weighted by atomic mass is 35.5. The van der Waals surface area contributed by atoms with Gasteiger partial charge in [-0.05, 0) is 55.7 Å². The summed E-state index contributed by atoms with van der Waals surface area (Å²) in [6, 6.07) is 2.59. The molecule has 21 heavy (non-hydrogen) atoms. The normalized spacial score (nSPS) is 24.2. The van der Waals surface area contributed by atoms with Crippen molar-refractivity contribution in [2.24, 2.45) is 0 Å². The molecule has 118 valence electrons. The molecule has 1 fully saturated rings. The molecule has 1 aromatic rings. The first-order chi connectivity index (χ1) is 9.81. The van der Waals surface area contributed by atoms with E-state index in [-0.39, 0.29) is 18.3 Å². The number of nitrogens with zero attached hydrogens (tertiary/aromatic N) is 1. The molecule has 2 aliphatic rings. The lowest BCUT2D eigenvalue weighted by atomic mass is 9.86. The third-order valence-electron chi connectivity index (χ3n) is 4.57. The van der Waals surface area contributed by atoms with Crippen LogP contribution in [-0.4, -0.2) is 36.5 Å². The van der Waals surface area contributed by atoms with Crippen LogP contribution in [-0.2, 0) is 11.2 Å². The summed E-state index contributed by atoms with van der Waals surface area (Å²) >= 11 is 1.82. The first kappa shape index (κ1) is 16.8. The molecule has 3 rings (SSSR count). The maximum Gasteiger partial charge on any atom is 0.230 e. The number of hydrogen-bond donors (Lipinski definition) is 1. The molecule has 5 heteroatoms. The van der Waals surface area contributed by atoms with Gasteiger partial charge in [0, 0.05) is 24.0 Å². The smallest absolute Gasteiger partial charge is 0.230 e. The minimum absolute atomic E-state index is 0. The number of rotatable bonds is 4. The van der Waals surface area contributed by atoms with E-state index in [9.17, 15) is 4.79 Å². The van der Waals surface area contributed by atoms with Gasteiger partial charge < -0.3 is 10.2 Å². The van der Waals surface area contributed by atoms with Crippen molar-refractivity contribution in [1.82, 2.24) is 10.2 Å². The Kier molecular flexibility index (Phi) is 6.08. The van der Waals surface area contributed by atoms with Crippen LogP contribution in [0.4, 0.5) is 0 Å². The van der Waals surface area contributed by atoms with Crippen molar-refractivity contribution in [3.63, 3.8) is 0 Å². The highest BCUT2D eigenvalue weighted by Gasteiger charge is 2.34. The number of aryl methyl sites for hydroxylation is 1. The zero-order chi connectivity index (χ0) is 13.9. The Morgan fingerprint density at radius 2 is 2.33 bits per heavy atom. The third-order valence-corrected chi connectivity index (χ3v) is 5.57. The average Bonchev–Trinajstić information content (AvgIpc) is 3.14. The predicted octanol–water partition coefficient (Wildman–Crippen LogP) is 3.19. The summed E-state index contributed by atoms with van der Waals surface area (Å²) in [5.41, 5.74) is 1.32. The number of fused-ring (bicyclic) bond motifs is 1. The second kappa shape index (κ2) is 7.61. The van der Waals surface area contributed by atoms with Gasteiger partial charge in [0.1, 0.15) is 0 Å². The van der Waals surface area contributed by atoms with Crippen LogP contribution in [0.1, 0.15) is 49.0 Å². The van der Waals surface area contributed by atoms with Crippen LogP contribution in [0.15, 0.2) is 11.4 Å². The molecule has 2 heterocycles. The highest BCUT2D eigenvalue weighted by molar-refractivity contribution is 7.10. The van der Waals surface area contributed by atoms with Gasteiger partial charge in [0.15, 0.2) is 0 Å². The maximum atomic E-state index is 13.0. The molecule has 2 atom stereocenters. The Morgan fingerprint density at radius 1 is 1.48 bits per heavy atom. The molecule has 1 amide bonds. The van der Waals surface area contributed by atoms with Gasteiger partial charge in [-0.25, -0.2) is 0 Å². The first-order valence-electron chi connectivity index (χ1n) is 7.88. The van der Waals surface area contributed by atoms with Crippen LogP contribution >= 0.6 is 23.7 Å². The van der Waals surface area contributed by atoms with E-state index in [0.29, 0.717) is 11.9 Å². The Labute approximate surface area is 137 Å². The maximum absolute atomic E-state index is 13.0. The average molecular weight is 329 g/mol. The van der Waals surface area contributed by atoms with Gasteiger partial charge in [0.2, 0.25) is 5.91 Å². The second-order valence-corrected chi connectivity index (χ2v) is 6.92. The fourth-order valence-corrected chi connectivity index (χ4v) is 4.55. The number of amides is 1. The monoisotopic (exact) mass is 328 g/mol. The van der Waals surface area contributed by atoms with E-state index < -0.39 is 0 Å². The summed E-state index contributed by atoms with van der Waals surface area (Å²) in [5.74, 6) is 0.497. The number of halogens is 1. The lowest BCUT2D eigenvalue weighted by Gasteiger charge is -2.33. The van der Waals surface area contributed by atoms with Crippen molar-refractivity contribution in [2.75, 3.05) is 19.6 Å². The fraction of sp³-hybridized carbons (Fsp3) is 0.688. The van der Waals surface area contributed by atoms with Gasteiger partial charge in [0.25, 0.3) is 0 Å². The number of carbonyl (C=O) groups is 1. The quantitative estimate of drug-likeness (QED) is 0.920. The minimum Gasteiger partial charge on any atom is -0.338 e. The number of carbonyl (C=O) groups excluding carboxylic acids is 1. The molecule has 1 N–H and O–H groups in total. The Hall–Kier alpha value is -0.580. The molecule has 0 radical (unpaired) electrons. The summed E-state index contributed by atoms with van der Waals surface area (Å²) in [4.78, 5) is 16.6. The van der Waals surface area contributed by atoms with Crippen molar-refractivity contribution in [3.05, 3.63) is 21.9 Å². The van der Waals surface area contributed by atoms with E-state index in [2.05, 4.69) is 28.6 Å². The van der Waals surface area contributed by atoms with E-state index in [1.165, 1.54) is 10.4 Å². The van der Waals surface area contributed by atoms with E-state index in [4.69, 9.17) is 0 Å². The fourth-order valence-electron chi connectivity index (χ4n) is 3.56. The van der Waals surface area contributed by atoms with Gasteiger partial charge in [-0.2, -0.15) is 0 Å². The van der Waals surface area contributed by atoms with Crippen LogP contribution in [0.25, 0.3) is 0 Å². The van der Waals surface area contributed by atoms with Gasteiger partial charge in [-0.3, -0.25) is 4.79 Å². The largest absolute Gasteiger partial charge is 0.338 e. The van der Waals surface area contributed by atoms with Crippen LogP contribution < -0.4 is 5.32 Å². The van der Waals surface area contributed by atoms with E-state index in [1.807, 2.05) is 11.3 Å². The predicted molar refractivity (Wildman–Crippen MR) is 90.5 cm³/mol. The highest BCUT2D eigenvalue weighted by Crippen LogP contribution is 2.36. The van der Waals surface area contributed by atoms with E-state index >= 15 is 0 Å². The van der Waals surface area contributed by atoms with Gasteiger partial charge in [-0.15, -0.1) is 23.7 Å². The van der Waals surface area contributed by atoms with Gasteiger partial charge >= 0.3 is 0 Å². The number of nitrogens with one attached hydrogen (secondary N) is 1. The van der Waals surface area contributed by atoms with Crippen molar-refractivity contribution < 1.29 is 4.79 Å². The zero-order valence-corrected chi connectivity index (χ0v) is 14.3. The molecule has 0 aromatic carbocycles. The molecule has 1 aliphatic carbocycles. The van der Waals surface area contributed by atoms with Crippen molar-refractivity contribution >= 4 is 29.7 Å². The van der Waals surface area contributed by atoms with Crippen LogP contribution in [0.3, 0.4) is 0 Å². The molecule has 1 saturated heterocycles. The van der Waals surface area contributed by atoms with Gasteiger partial charge in [0.05, 0.1) is 5.92 Å². The molecule has 0 spiro atoms. The Balaban J connectivity index is 0.00000161. The Bertz CT molecular complexity index is 471. The summed E-state index contributed by atoms with van der Waals surface area (Å²) in [5, 5.41) is 5.54. The Morgan fingerprint density at radius 3 is 3.05 bits per heavy atom. The molecule has 2 unspecified atom stereocenters. The lowest BCUT2D eigenvalue weighted by Crippen LogP contribution is -2.44.